The molecule has 0 unspecified atom stereocenters. The fourth-order valence-electron chi connectivity index (χ4n) is 0.931. The molecule has 1 saturated carbocycles. The first kappa shape index (κ1) is 7.67. The number of anilines is 1. The molecular weight excluding hydrogens is 174 g/mol. The Labute approximate surface area is 74.0 Å². The third-order valence-electron chi connectivity index (χ3n) is 1.65. The van der Waals surface area contributed by atoms with Crippen molar-refractivity contribution in [3.05, 3.63) is 5.01 Å². The molecule has 1 fully saturated rings. The largest absolute Gasteiger partial charge is 0.301 e. The minimum absolute atomic E-state index is 0.0894. The number of hydrogen-bond acceptors (Lipinski definition) is 4. The summed E-state index contributed by atoms with van der Waals surface area (Å²) in [5.74, 6) is 0.526. The van der Waals surface area contributed by atoms with Crippen LogP contribution in [-0.4, -0.2) is 16.1 Å². The van der Waals surface area contributed by atoms with E-state index < -0.39 is 0 Å². The molecule has 64 valence electrons. The SMILES string of the molecule is CC(=O)Nc1nnc(C2CC2)s1. The molecule has 1 aromatic heterocycles. The summed E-state index contributed by atoms with van der Waals surface area (Å²) in [5, 5.41) is 12.1. The molecule has 0 spiro atoms. The Morgan fingerprint density at radius 1 is 1.58 bits per heavy atom. The van der Waals surface area contributed by atoms with Gasteiger partial charge in [-0.3, -0.25) is 4.79 Å². The van der Waals surface area contributed by atoms with Gasteiger partial charge in [0, 0.05) is 12.8 Å². The summed E-state index contributed by atoms with van der Waals surface area (Å²) in [6, 6.07) is 0. The first-order valence-electron chi connectivity index (χ1n) is 3.86. The third-order valence-corrected chi connectivity index (χ3v) is 2.65. The van der Waals surface area contributed by atoms with E-state index in [9.17, 15) is 4.79 Å². The summed E-state index contributed by atoms with van der Waals surface area (Å²) in [6.45, 7) is 1.47. The van der Waals surface area contributed by atoms with Gasteiger partial charge in [0.15, 0.2) is 0 Å². The molecule has 0 aliphatic heterocycles. The number of carbonyl (C=O) groups is 1. The van der Waals surface area contributed by atoms with E-state index in [0.717, 1.165) is 5.01 Å². The molecule has 12 heavy (non-hydrogen) atoms. The highest BCUT2D eigenvalue weighted by atomic mass is 32.1. The molecule has 0 bridgehead atoms. The van der Waals surface area contributed by atoms with Crippen molar-refractivity contribution in [2.75, 3.05) is 5.32 Å². The first-order chi connectivity index (χ1) is 5.75. The first-order valence-corrected chi connectivity index (χ1v) is 4.68. The van der Waals surface area contributed by atoms with Crippen LogP contribution in [0.4, 0.5) is 5.13 Å². The molecule has 0 atom stereocenters. The molecule has 2 rings (SSSR count). The lowest BCUT2D eigenvalue weighted by Gasteiger charge is -1.90. The van der Waals surface area contributed by atoms with Crippen LogP contribution in [0.1, 0.15) is 30.7 Å². The smallest absolute Gasteiger partial charge is 0.223 e. The maximum absolute atomic E-state index is 10.6. The molecule has 1 heterocycles. The number of carbonyl (C=O) groups excluding carboxylic acids is 1. The zero-order chi connectivity index (χ0) is 8.55. The van der Waals surface area contributed by atoms with Gasteiger partial charge in [0.05, 0.1) is 0 Å². The Kier molecular flexibility index (Phi) is 1.80. The van der Waals surface area contributed by atoms with E-state index in [0.29, 0.717) is 11.0 Å². The van der Waals surface area contributed by atoms with E-state index in [-0.39, 0.29) is 5.91 Å². The van der Waals surface area contributed by atoms with E-state index in [1.165, 1.54) is 31.1 Å². The number of aromatic nitrogens is 2. The molecular formula is C7H9N3OS. The van der Waals surface area contributed by atoms with Crippen molar-refractivity contribution in [2.45, 2.75) is 25.7 Å². The fourth-order valence-corrected chi connectivity index (χ4v) is 1.89. The van der Waals surface area contributed by atoms with Gasteiger partial charge >= 0.3 is 0 Å². The molecule has 1 aliphatic carbocycles. The zero-order valence-electron chi connectivity index (χ0n) is 6.70. The molecule has 1 aliphatic rings. The van der Waals surface area contributed by atoms with Crippen molar-refractivity contribution >= 4 is 22.4 Å². The van der Waals surface area contributed by atoms with Crippen LogP contribution in [-0.2, 0) is 4.79 Å². The fraction of sp³-hybridized carbons (Fsp3) is 0.571. The summed E-state index contributed by atoms with van der Waals surface area (Å²) >= 11 is 1.48. The van der Waals surface area contributed by atoms with Crippen LogP contribution in [0.2, 0.25) is 0 Å². The molecule has 0 saturated heterocycles. The molecule has 0 aromatic carbocycles. The van der Waals surface area contributed by atoms with E-state index in [1.807, 2.05) is 0 Å². The summed E-state index contributed by atoms with van der Waals surface area (Å²) in [6.07, 6.45) is 2.43. The second kappa shape index (κ2) is 2.82. The van der Waals surface area contributed by atoms with Crippen LogP contribution < -0.4 is 5.32 Å². The Morgan fingerprint density at radius 3 is 2.92 bits per heavy atom. The quantitative estimate of drug-likeness (QED) is 0.753. The lowest BCUT2D eigenvalue weighted by Crippen LogP contribution is -2.04. The number of nitrogens with zero attached hydrogens (tertiary/aromatic N) is 2. The van der Waals surface area contributed by atoms with Crippen molar-refractivity contribution in [2.24, 2.45) is 0 Å². The molecule has 4 nitrogen and oxygen atoms in total. The van der Waals surface area contributed by atoms with Crippen LogP contribution in [0, 0.1) is 0 Å². The topological polar surface area (TPSA) is 54.9 Å². The maximum atomic E-state index is 10.6. The molecule has 1 N–H and O–H groups in total. The Bertz CT molecular complexity index is 305. The van der Waals surface area contributed by atoms with E-state index >= 15 is 0 Å². The maximum Gasteiger partial charge on any atom is 0.223 e. The highest BCUT2D eigenvalue weighted by Crippen LogP contribution is 2.41. The van der Waals surface area contributed by atoms with Crippen LogP contribution in [0.15, 0.2) is 0 Å². The Hall–Kier alpha value is -0.970. The minimum Gasteiger partial charge on any atom is -0.301 e. The van der Waals surface area contributed by atoms with Gasteiger partial charge in [0.2, 0.25) is 11.0 Å². The summed E-state index contributed by atoms with van der Waals surface area (Å²) in [7, 11) is 0. The number of rotatable bonds is 2. The third kappa shape index (κ3) is 1.61. The van der Waals surface area contributed by atoms with E-state index in [1.54, 1.807) is 0 Å². The second-order valence-electron chi connectivity index (χ2n) is 2.90. The molecule has 1 aromatic rings. The highest BCUT2D eigenvalue weighted by Gasteiger charge is 2.27. The lowest BCUT2D eigenvalue weighted by molar-refractivity contribution is -0.114. The monoisotopic (exact) mass is 183 g/mol. The second-order valence-corrected chi connectivity index (χ2v) is 3.91. The average molecular weight is 183 g/mol. The van der Waals surface area contributed by atoms with E-state index in [2.05, 4.69) is 15.5 Å². The van der Waals surface area contributed by atoms with Crippen molar-refractivity contribution in [3.8, 4) is 0 Å². The average Bonchev–Trinajstić information content (AvgIpc) is 2.73. The van der Waals surface area contributed by atoms with Gasteiger partial charge in [0.25, 0.3) is 0 Å². The van der Waals surface area contributed by atoms with Crippen LogP contribution in [0.3, 0.4) is 0 Å². The summed E-state index contributed by atoms with van der Waals surface area (Å²) in [4.78, 5) is 10.6. The molecule has 1 amide bonds. The van der Waals surface area contributed by atoms with Crippen molar-refractivity contribution in [1.82, 2.24) is 10.2 Å². The summed E-state index contributed by atoms with van der Waals surface area (Å²) in [5.41, 5.74) is 0. The lowest BCUT2D eigenvalue weighted by atomic mass is 10.5. The van der Waals surface area contributed by atoms with Crippen LogP contribution in [0.5, 0.6) is 0 Å². The van der Waals surface area contributed by atoms with Crippen LogP contribution in [0.25, 0.3) is 0 Å². The Morgan fingerprint density at radius 2 is 2.33 bits per heavy atom. The Balaban J connectivity index is 2.07. The van der Waals surface area contributed by atoms with Gasteiger partial charge in [-0.25, -0.2) is 0 Å². The normalized spacial score (nSPS) is 16.1. The molecule has 0 radical (unpaired) electrons. The van der Waals surface area contributed by atoms with E-state index in [4.69, 9.17) is 0 Å². The number of hydrogen-bond donors (Lipinski definition) is 1. The van der Waals surface area contributed by atoms with Crippen molar-refractivity contribution in [1.29, 1.82) is 0 Å². The van der Waals surface area contributed by atoms with Gasteiger partial charge in [-0.15, -0.1) is 10.2 Å². The van der Waals surface area contributed by atoms with Gasteiger partial charge in [0.1, 0.15) is 5.01 Å². The van der Waals surface area contributed by atoms with Gasteiger partial charge in [-0.2, -0.15) is 0 Å². The highest BCUT2D eigenvalue weighted by molar-refractivity contribution is 7.15. The van der Waals surface area contributed by atoms with Gasteiger partial charge in [-0.1, -0.05) is 11.3 Å². The predicted octanol–water partition coefficient (Wildman–Crippen LogP) is 1.37. The molecule has 5 heteroatoms. The summed E-state index contributed by atoms with van der Waals surface area (Å²) < 4.78 is 0. The predicted molar refractivity (Wildman–Crippen MR) is 46.2 cm³/mol. The number of amides is 1. The standard InChI is InChI=1S/C7H9N3OS/c1-4(11)8-7-10-9-6(12-7)5-2-3-5/h5H,2-3H2,1H3,(H,8,10,11). The van der Waals surface area contributed by atoms with Crippen molar-refractivity contribution < 1.29 is 4.79 Å². The van der Waals surface area contributed by atoms with Gasteiger partial charge < -0.3 is 5.32 Å². The number of nitrogens with one attached hydrogen (secondary N) is 1. The minimum atomic E-state index is -0.0894. The van der Waals surface area contributed by atoms with Crippen LogP contribution >= 0.6 is 11.3 Å². The van der Waals surface area contributed by atoms with Gasteiger partial charge in [-0.05, 0) is 12.8 Å². The zero-order valence-corrected chi connectivity index (χ0v) is 7.52. The van der Waals surface area contributed by atoms with Crippen molar-refractivity contribution in [3.63, 3.8) is 0 Å².